The summed E-state index contributed by atoms with van der Waals surface area (Å²) < 4.78 is 17.9. The van der Waals surface area contributed by atoms with E-state index in [0.29, 0.717) is 38.0 Å². The Morgan fingerprint density at radius 2 is 1.91 bits per heavy atom. The van der Waals surface area contributed by atoms with Gasteiger partial charge in [0, 0.05) is 47.8 Å². The molecular formula is C33H45NO9S. The second-order valence-corrected chi connectivity index (χ2v) is 14.9. The van der Waals surface area contributed by atoms with Crippen LogP contribution in [0.3, 0.4) is 0 Å². The first-order valence-electron chi connectivity index (χ1n) is 16.1. The second kappa shape index (κ2) is 10.9. The molecule has 10 atom stereocenters. The number of hydrogen-bond donors (Lipinski definition) is 2. The Hall–Kier alpha value is -2.40. The van der Waals surface area contributed by atoms with Gasteiger partial charge >= 0.3 is 17.9 Å². The molecule has 4 aliphatic carbocycles. The largest absolute Gasteiger partial charge is 0.480 e. The first kappa shape index (κ1) is 31.6. The van der Waals surface area contributed by atoms with Crippen LogP contribution in [-0.2, 0) is 38.2 Å². The van der Waals surface area contributed by atoms with Crippen LogP contribution in [0.15, 0.2) is 11.6 Å². The Labute approximate surface area is 264 Å². The van der Waals surface area contributed by atoms with Crippen LogP contribution >= 0.6 is 12.6 Å². The zero-order valence-corrected chi connectivity index (χ0v) is 27.0. The number of fused-ring (bicyclic) bond motifs is 4. The maximum atomic E-state index is 13.0. The Morgan fingerprint density at radius 1 is 1.16 bits per heavy atom. The molecule has 1 amide bonds. The monoisotopic (exact) mass is 631 g/mol. The number of carboxylic acids is 1. The van der Waals surface area contributed by atoms with Gasteiger partial charge in [0.15, 0.2) is 5.78 Å². The minimum Gasteiger partial charge on any atom is -0.480 e. The van der Waals surface area contributed by atoms with Gasteiger partial charge in [-0.2, -0.15) is 12.6 Å². The molecule has 0 bridgehead atoms. The summed E-state index contributed by atoms with van der Waals surface area (Å²) in [7, 11) is 1.45. The van der Waals surface area contributed by atoms with Crippen LogP contribution in [0.25, 0.3) is 0 Å². The second-order valence-electron chi connectivity index (χ2n) is 14.6. The van der Waals surface area contributed by atoms with Crippen LogP contribution in [0, 0.1) is 34.5 Å². The van der Waals surface area contributed by atoms with Gasteiger partial charge in [-0.05, 0) is 63.4 Å². The molecule has 0 aromatic rings. The van der Waals surface area contributed by atoms with Gasteiger partial charge in [-0.25, -0.2) is 4.79 Å². The Kier molecular flexibility index (Phi) is 7.79. The van der Waals surface area contributed by atoms with Crippen molar-refractivity contribution in [2.45, 2.75) is 108 Å². The molecule has 3 saturated carbocycles. The van der Waals surface area contributed by atoms with E-state index in [1.807, 2.05) is 0 Å². The van der Waals surface area contributed by atoms with Crippen LogP contribution in [-0.4, -0.2) is 82.4 Å². The van der Waals surface area contributed by atoms with E-state index in [1.165, 1.54) is 12.0 Å². The summed E-state index contributed by atoms with van der Waals surface area (Å²) in [4.78, 5) is 61.4. The molecule has 2 spiro atoms. The molecule has 1 N–H and O–H groups in total. The van der Waals surface area contributed by atoms with Crippen molar-refractivity contribution in [1.82, 2.24) is 4.90 Å². The summed E-state index contributed by atoms with van der Waals surface area (Å²) in [5.74, 6) is -0.930. The number of thiol groups is 1. The predicted octanol–water partition coefficient (Wildman–Crippen LogP) is 3.75. The minimum atomic E-state index is -0.901. The van der Waals surface area contributed by atoms with E-state index in [2.05, 4.69) is 26.5 Å². The molecular weight excluding hydrogens is 586 g/mol. The quantitative estimate of drug-likeness (QED) is 0.270. The van der Waals surface area contributed by atoms with Crippen molar-refractivity contribution in [1.29, 1.82) is 0 Å². The highest BCUT2D eigenvalue weighted by Gasteiger charge is 2.83. The number of epoxide rings is 1. The molecule has 7 aliphatic rings. The molecule has 44 heavy (non-hydrogen) atoms. The molecule has 6 fully saturated rings. The van der Waals surface area contributed by atoms with Gasteiger partial charge in [0.05, 0.1) is 19.1 Å². The maximum Gasteiger partial charge on any atom is 0.326 e. The molecule has 1 unspecified atom stereocenters. The van der Waals surface area contributed by atoms with Crippen molar-refractivity contribution >= 4 is 42.2 Å². The number of rotatable bonds is 4. The molecule has 0 aromatic carbocycles. The third-order valence-electron chi connectivity index (χ3n) is 12.7. The summed E-state index contributed by atoms with van der Waals surface area (Å²) >= 11 is 4.03. The number of carbonyl (C=O) groups excluding carboxylic acids is 4. The number of carbonyl (C=O) groups is 5. The predicted molar refractivity (Wildman–Crippen MR) is 161 cm³/mol. The first-order chi connectivity index (χ1) is 20.8. The molecule has 0 radical (unpaired) electrons. The fourth-order valence-electron chi connectivity index (χ4n) is 10.3. The van der Waals surface area contributed by atoms with Crippen molar-refractivity contribution < 1.29 is 43.3 Å². The Bertz CT molecular complexity index is 1320. The lowest BCUT2D eigenvalue weighted by atomic mass is 9.43. The van der Waals surface area contributed by atoms with E-state index >= 15 is 0 Å². The van der Waals surface area contributed by atoms with Gasteiger partial charge in [0.1, 0.15) is 17.2 Å². The first-order valence-corrected chi connectivity index (χ1v) is 16.8. The lowest BCUT2D eigenvalue weighted by Gasteiger charge is -2.58. The zero-order valence-electron chi connectivity index (χ0n) is 26.1. The molecule has 3 heterocycles. The summed E-state index contributed by atoms with van der Waals surface area (Å²) in [5, 5.41) is 8.87. The van der Waals surface area contributed by atoms with E-state index in [-0.39, 0.29) is 64.2 Å². The van der Waals surface area contributed by atoms with Crippen LogP contribution < -0.4 is 0 Å². The fourth-order valence-corrected chi connectivity index (χ4v) is 10.5. The van der Waals surface area contributed by atoms with Crippen molar-refractivity contribution in [3.63, 3.8) is 0 Å². The molecule has 10 nitrogen and oxygen atoms in total. The van der Waals surface area contributed by atoms with Gasteiger partial charge in [-0.15, -0.1) is 0 Å². The smallest absolute Gasteiger partial charge is 0.326 e. The van der Waals surface area contributed by atoms with Crippen LogP contribution in [0.1, 0.15) is 85.0 Å². The average Bonchev–Trinajstić information content (AvgIpc) is 3.28. The number of hydrogen-bond acceptors (Lipinski definition) is 9. The third-order valence-corrected chi connectivity index (χ3v) is 13.3. The van der Waals surface area contributed by atoms with E-state index in [9.17, 15) is 24.0 Å². The molecule has 3 aliphatic heterocycles. The van der Waals surface area contributed by atoms with E-state index < -0.39 is 23.2 Å². The highest BCUT2D eigenvalue weighted by molar-refractivity contribution is 7.80. The number of nitrogens with zero attached hydrogens (tertiary/aromatic N) is 1. The van der Waals surface area contributed by atoms with Crippen LogP contribution in [0.2, 0.25) is 0 Å². The lowest BCUT2D eigenvalue weighted by molar-refractivity contribution is -0.172. The highest BCUT2D eigenvalue weighted by atomic mass is 32.1. The van der Waals surface area contributed by atoms with Crippen LogP contribution in [0.4, 0.5) is 0 Å². The molecule has 242 valence electrons. The summed E-state index contributed by atoms with van der Waals surface area (Å²) in [5.41, 5.74) is -0.175. The zero-order chi connectivity index (χ0) is 31.8. The number of ketones is 1. The normalized spacial score (nSPS) is 43.8. The van der Waals surface area contributed by atoms with Crippen LogP contribution in [0.5, 0.6) is 0 Å². The maximum absolute atomic E-state index is 13.0. The van der Waals surface area contributed by atoms with Gasteiger partial charge in [-0.1, -0.05) is 26.3 Å². The number of amides is 1. The minimum absolute atomic E-state index is 0.0303. The molecule has 7 rings (SSSR count). The number of carboxylic acid groups (broad SMARTS) is 1. The number of methoxy groups -OCH3 is 1. The fraction of sp³-hybridized carbons (Fsp3) is 0.788. The summed E-state index contributed by atoms with van der Waals surface area (Å²) in [6, 6.07) is -0.621. The summed E-state index contributed by atoms with van der Waals surface area (Å²) in [6.07, 6.45) is 8.96. The third kappa shape index (κ3) is 4.34. The lowest BCUT2D eigenvalue weighted by Crippen LogP contribution is -2.63. The van der Waals surface area contributed by atoms with E-state index in [0.717, 1.165) is 44.1 Å². The Morgan fingerprint density at radius 3 is 2.55 bits per heavy atom. The molecule has 3 saturated heterocycles. The standard InChI is InChI=1S/C24H30O6.C9H15NO3S/c1-21-7-4-14(25)10-13(21)11-15(20(27)28-3)19-16-5-8-23(9-6-18(26)30-23)22(16,2)12-17-24(19,21)29-17;1-6(5-14)8(11)10-4-2-3-7(10)9(12)13/h10,15-17,19H,4-9,11-12H2,1-3H3;6-7,14H,2-5H2,1H3,(H,12,13)/t15-,16+,17-,19+,21+,22+,23-,24?;6-,7+/m11/s1. The van der Waals surface area contributed by atoms with E-state index in [1.54, 1.807) is 13.0 Å². The van der Waals surface area contributed by atoms with Crippen molar-refractivity contribution in [3.8, 4) is 0 Å². The van der Waals surface area contributed by atoms with Crippen molar-refractivity contribution in [3.05, 3.63) is 11.6 Å². The molecule has 0 aromatic heterocycles. The summed E-state index contributed by atoms with van der Waals surface area (Å²) in [6.45, 7) is 6.84. The van der Waals surface area contributed by atoms with Crippen molar-refractivity contribution in [2.75, 3.05) is 19.4 Å². The van der Waals surface area contributed by atoms with Gasteiger partial charge < -0.3 is 24.2 Å². The van der Waals surface area contributed by atoms with E-state index in [4.69, 9.17) is 19.3 Å². The number of likely N-dealkylation sites (tertiary alicyclic amines) is 1. The van der Waals surface area contributed by atoms with Crippen molar-refractivity contribution in [2.24, 2.45) is 34.5 Å². The van der Waals surface area contributed by atoms with Gasteiger partial charge in [-0.3, -0.25) is 19.2 Å². The highest BCUT2D eigenvalue weighted by Crippen LogP contribution is 2.78. The number of aliphatic carboxylic acids is 1. The Balaban J connectivity index is 0.000000208. The SMILES string of the molecule is COC(=O)[C@@H]1CC2=CC(=O)CC[C@]2(C)C23O[C@@H]2C[C@@]2(C)[C@@H](CC[C@@]24CCC(=O)O4)[C@H]13.C[C@H](CS)C(=O)N1CCC[C@H]1C(=O)O. The number of esters is 2. The topological polar surface area (TPSA) is 140 Å². The van der Waals surface area contributed by atoms with Gasteiger partial charge in [0.25, 0.3) is 0 Å². The number of ether oxygens (including phenoxy) is 3. The molecule has 11 heteroatoms. The van der Waals surface area contributed by atoms with Gasteiger partial charge in [0.2, 0.25) is 5.91 Å². The average molecular weight is 632 g/mol.